The number of nitrogens with zero attached hydrogens (tertiary/aromatic N) is 1. The second-order valence-corrected chi connectivity index (χ2v) is 7.44. The van der Waals surface area contributed by atoms with E-state index in [9.17, 15) is 20.1 Å². The Labute approximate surface area is 150 Å². The van der Waals surface area contributed by atoms with Crippen molar-refractivity contribution in [3.63, 3.8) is 0 Å². The van der Waals surface area contributed by atoms with Crippen molar-refractivity contribution in [3.8, 4) is 0 Å². The summed E-state index contributed by atoms with van der Waals surface area (Å²) in [4.78, 5) is 14.0. The van der Waals surface area contributed by atoms with Gasteiger partial charge >= 0.3 is 0 Å². The molecule has 7 nitrogen and oxygen atoms in total. The molecule has 0 unspecified atom stereocenters. The van der Waals surface area contributed by atoms with Gasteiger partial charge in [0.25, 0.3) is 0 Å². The minimum absolute atomic E-state index is 0.0547. The molecule has 2 fully saturated rings. The number of aliphatic hydroxyl groups excluding tert-OH is 3. The first-order valence-corrected chi connectivity index (χ1v) is 9.17. The summed E-state index contributed by atoms with van der Waals surface area (Å²) in [6, 6.07) is 7.94. The minimum atomic E-state index is -1.40. The fourth-order valence-corrected chi connectivity index (χ4v) is 4.31. The van der Waals surface area contributed by atoms with Gasteiger partial charge in [0.1, 0.15) is 29.8 Å². The zero-order valence-corrected chi connectivity index (χ0v) is 14.9. The van der Waals surface area contributed by atoms with E-state index in [4.69, 9.17) is 9.47 Å². The van der Waals surface area contributed by atoms with E-state index in [1.807, 2.05) is 31.2 Å². The molecule has 25 heavy (non-hydrogen) atoms. The molecule has 3 N–H and O–H groups in total. The Bertz CT molecular complexity index is 610. The van der Waals surface area contributed by atoms with Crippen LogP contribution in [0.25, 0.3) is 0 Å². The van der Waals surface area contributed by atoms with Crippen LogP contribution in [0.1, 0.15) is 16.5 Å². The molecular formula is C17H23NO6S. The van der Waals surface area contributed by atoms with Crippen molar-refractivity contribution in [2.75, 3.05) is 19.4 Å². The summed E-state index contributed by atoms with van der Waals surface area (Å²) >= 11 is 1.51. The molecule has 2 aliphatic heterocycles. The van der Waals surface area contributed by atoms with Crippen molar-refractivity contribution in [1.29, 1.82) is 0 Å². The van der Waals surface area contributed by atoms with E-state index < -0.39 is 30.7 Å². The van der Waals surface area contributed by atoms with Crippen LogP contribution in [0.3, 0.4) is 0 Å². The lowest BCUT2D eigenvalue weighted by Gasteiger charge is -2.41. The van der Waals surface area contributed by atoms with Crippen molar-refractivity contribution < 1.29 is 29.6 Å². The smallest absolute Gasteiger partial charge is 0.233 e. The third-order valence-corrected chi connectivity index (χ3v) is 5.86. The lowest BCUT2D eigenvalue weighted by atomic mass is 9.98. The Morgan fingerprint density at radius 2 is 1.88 bits per heavy atom. The van der Waals surface area contributed by atoms with Crippen LogP contribution < -0.4 is 0 Å². The Hall–Kier alpha value is -1.16. The molecule has 1 aromatic rings. The maximum Gasteiger partial charge on any atom is 0.233 e. The van der Waals surface area contributed by atoms with Crippen molar-refractivity contribution >= 4 is 17.7 Å². The van der Waals surface area contributed by atoms with Gasteiger partial charge in [-0.1, -0.05) is 29.8 Å². The number of methoxy groups -OCH3 is 1. The van der Waals surface area contributed by atoms with Gasteiger partial charge in [0, 0.05) is 7.11 Å². The first kappa shape index (κ1) is 18.6. The highest BCUT2D eigenvalue weighted by Crippen LogP contribution is 2.39. The number of ether oxygens (including phenoxy) is 2. The zero-order chi connectivity index (χ0) is 18.1. The normalized spacial score (nSPS) is 36.0. The van der Waals surface area contributed by atoms with Gasteiger partial charge in [0.05, 0.1) is 12.3 Å². The average molecular weight is 369 g/mol. The molecule has 2 aliphatic rings. The number of aryl methyl sites for hydroxylation is 1. The topological polar surface area (TPSA) is 99.5 Å². The van der Waals surface area contributed by atoms with Crippen molar-refractivity contribution in [2.45, 2.75) is 43.0 Å². The van der Waals surface area contributed by atoms with E-state index in [-0.39, 0.29) is 17.8 Å². The molecule has 0 aromatic heterocycles. The second-order valence-electron chi connectivity index (χ2n) is 6.37. The van der Waals surface area contributed by atoms with Crippen LogP contribution in [0.4, 0.5) is 0 Å². The van der Waals surface area contributed by atoms with Gasteiger partial charge < -0.3 is 29.7 Å². The van der Waals surface area contributed by atoms with Crippen LogP contribution in [0.15, 0.2) is 24.3 Å². The van der Waals surface area contributed by atoms with Gasteiger partial charge in [-0.15, -0.1) is 11.8 Å². The monoisotopic (exact) mass is 369 g/mol. The van der Waals surface area contributed by atoms with E-state index in [1.165, 1.54) is 18.9 Å². The highest BCUT2D eigenvalue weighted by atomic mass is 32.2. The third kappa shape index (κ3) is 3.69. The van der Waals surface area contributed by atoms with Gasteiger partial charge in [-0.25, -0.2) is 0 Å². The fraction of sp³-hybridized carbons (Fsp3) is 0.588. The molecule has 3 rings (SSSR count). The van der Waals surface area contributed by atoms with Crippen LogP contribution in [-0.4, -0.2) is 76.2 Å². The molecule has 0 saturated carbocycles. The molecular weight excluding hydrogens is 346 g/mol. The van der Waals surface area contributed by atoms with Crippen LogP contribution in [0.5, 0.6) is 0 Å². The Kier molecular flexibility index (Phi) is 5.67. The average Bonchev–Trinajstić information content (AvgIpc) is 2.97. The molecule has 0 radical (unpaired) electrons. The molecule has 1 amide bonds. The number of hydrogen-bond acceptors (Lipinski definition) is 7. The zero-order valence-electron chi connectivity index (χ0n) is 14.1. The number of rotatable bonds is 4. The SMILES string of the molecule is CO[C@H]1O[C@H](CN2C(=O)CS[C@@H]2c2ccc(C)cc2)[C@@H](O)[C@H](O)[C@H]1O. The molecule has 1 aromatic carbocycles. The molecule has 8 heteroatoms. The Morgan fingerprint density at radius 3 is 2.52 bits per heavy atom. The number of benzene rings is 1. The van der Waals surface area contributed by atoms with Crippen LogP contribution in [0.2, 0.25) is 0 Å². The molecule has 138 valence electrons. The van der Waals surface area contributed by atoms with E-state index in [0.29, 0.717) is 5.75 Å². The summed E-state index contributed by atoms with van der Waals surface area (Å²) < 4.78 is 10.6. The summed E-state index contributed by atoms with van der Waals surface area (Å²) in [7, 11) is 1.35. The lowest BCUT2D eigenvalue weighted by Crippen LogP contribution is -2.60. The van der Waals surface area contributed by atoms with Crippen molar-refractivity contribution in [1.82, 2.24) is 4.90 Å². The van der Waals surface area contributed by atoms with Crippen LogP contribution in [0, 0.1) is 6.92 Å². The van der Waals surface area contributed by atoms with Crippen LogP contribution in [-0.2, 0) is 14.3 Å². The van der Waals surface area contributed by atoms with Crippen LogP contribution >= 0.6 is 11.8 Å². The lowest BCUT2D eigenvalue weighted by molar-refractivity contribution is -0.291. The summed E-state index contributed by atoms with van der Waals surface area (Å²) in [5.41, 5.74) is 2.13. The first-order valence-electron chi connectivity index (χ1n) is 8.12. The van der Waals surface area contributed by atoms with E-state index >= 15 is 0 Å². The number of hydrogen-bond donors (Lipinski definition) is 3. The molecule has 0 spiro atoms. The second kappa shape index (κ2) is 7.61. The number of carbonyl (C=O) groups excluding carboxylic acids is 1. The highest BCUT2D eigenvalue weighted by molar-refractivity contribution is 8.00. The number of aliphatic hydroxyl groups is 3. The van der Waals surface area contributed by atoms with Gasteiger partial charge in [-0.2, -0.15) is 0 Å². The summed E-state index contributed by atoms with van der Waals surface area (Å²) in [6.45, 7) is 2.10. The van der Waals surface area contributed by atoms with Gasteiger partial charge in [-0.3, -0.25) is 4.79 Å². The molecule has 2 heterocycles. The van der Waals surface area contributed by atoms with Crippen molar-refractivity contribution in [3.05, 3.63) is 35.4 Å². The summed E-state index contributed by atoms with van der Waals surface area (Å²) in [6.07, 6.45) is -5.94. The summed E-state index contributed by atoms with van der Waals surface area (Å²) in [5.74, 6) is 0.293. The predicted octanol–water partition coefficient (Wildman–Crippen LogP) is 0.0230. The minimum Gasteiger partial charge on any atom is -0.388 e. The standard InChI is InChI=1S/C17H23NO6S/c1-9-3-5-10(6-4-9)16-18(12(19)8-25-16)7-11-13(20)14(21)15(22)17(23-2)24-11/h3-6,11,13-17,20-22H,7-8H2,1-2H3/t11-,13-,14+,15-,16-,17+/m1/s1. The van der Waals surface area contributed by atoms with E-state index in [2.05, 4.69) is 0 Å². The number of amides is 1. The van der Waals surface area contributed by atoms with Gasteiger partial charge in [0.15, 0.2) is 6.29 Å². The van der Waals surface area contributed by atoms with Gasteiger partial charge in [-0.05, 0) is 12.5 Å². The molecule has 0 bridgehead atoms. The maximum absolute atomic E-state index is 12.3. The first-order chi connectivity index (χ1) is 11.9. The fourth-order valence-electron chi connectivity index (χ4n) is 3.11. The maximum atomic E-state index is 12.3. The third-order valence-electron chi connectivity index (χ3n) is 4.61. The quantitative estimate of drug-likeness (QED) is 0.688. The molecule has 0 aliphatic carbocycles. The molecule has 6 atom stereocenters. The number of thioether (sulfide) groups is 1. The highest BCUT2D eigenvalue weighted by Gasteiger charge is 2.46. The van der Waals surface area contributed by atoms with Crippen molar-refractivity contribution in [2.24, 2.45) is 0 Å². The molecule has 2 saturated heterocycles. The number of carbonyl (C=O) groups is 1. The summed E-state index contributed by atoms with van der Waals surface area (Å²) in [5, 5.41) is 29.9. The largest absolute Gasteiger partial charge is 0.388 e. The Morgan fingerprint density at radius 1 is 1.20 bits per heavy atom. The van der Waals surface area contributed by atoms with E-state index in [1.54, 1.807) is 4.90 Å². The predicted molar refractivity (Wildman–Crippen MR) is 91.8 cm³/mol. The Balaban J connectivity index is 1.77. The van der Waals surface area contributed by atoms with E-state index in [0.717, 1.165) is 11.1 Å². The van der Waals surface area contributed by atoms with Gasteiger partial charge in [0.2, 0.25) is 5.91 Å².